The summed E-state index contributed by atoms with van der Waals surface area (Å²) in [4.78, 5) is 27.5. The molecule has 3 rings (SSSR count). The summed E-state index contributed by atoms with van der Waals surface area (Å²) in [7, 11) is 0. The minimum Gasteiger partial charge on any atom is -0.355 e. The summed E-state index contributed by atoms with van der Waals surface area (Å²) in [5, 5.41) is 5.01. The van der Waals surface area contributed by atoms with Crippen molar-refractivity contribution < 1.29 is 9.59 Å². The second kappa shape index (κ2) is 8.11. The number of nitrogens with zero attached hydrogens (tertiary/aromatic N) is 1. The third kappa shape index (κ3) is 4.45. The molecule has 1 aromatic carbocycles. The maximum Gasteiger partial charge on any atom is 0.225 e. The Hall–Kier alpha value is -2.14. The molecule has 0 bridgehead atoms. The highest BCUT2D eigenvalue weighted by atomic mass is 32.1. The second-order valence-electron chi connectivity index (χ2n) is 6.10. The molecular formula is C19H22N2O2S. The molecule has 2 aromatic rings. The Kier molecular flexibility index (Phi) is 5.64. The van der Waals surface area contributed by atoms with E-state index in [-0.39, 0.29) is 17.7 Å². The molecule has 0 radical (unpaired) electrons. The van der Waals surface area contributed by atoms with Gasteiger partial charge in [0.05, 0.1) is 5.92 Å². The van der Waals surface area contributed by atoms with Gasteiger partial charge in [0.25, 0.3) is 0 Å². The Morgan fingerprint density at radius 2 is 2.00 bits per heavy atom. The van der Waals surface area contributed by atoms with Crippen LogP contribution in [0.1, 0.15) is 16.9 Å². The summed E-state index contributed by atoms with van der Waals surface area (Å²) < 4.78 is 0. The summed E-state index contributed by atoms with van der Waals surface area (Å²) in [6.07, 6.45) is 2.01. The molecule has 126 valence electrons. The number of carbonyl (C=O) groups is 2. The van der Waals surface area contributed by atoms with Crippen molar-refractivity contribution in [2.24, 2.45) is 5.92 Å². The molecule has 4 nitrogen and oxygen atoms in total. The fraction of sp³-hybridized carbons (Fsp3) is 0.368. The SMILES string of the molecule is O=C(NCCc1cccs1)C1CC(=O)N(CCc2ccccc2)C1. The van der Waals surface area contributed by atoms with Crippen molar-refractivity contribution in [1.29, 1.82) is 0 Å². The van der Waals surface area contributed by atoms with Gasteiger partial charge >= 0.3 is 0 Å². The number of rotatable bonds is 7. The van der Waals surface area contributed by atoms with Crippen molar-refractivity contribution in [3.8, 4) is 0 Å². The van der Waals surface area contributed by atoms with Gasteiger partial charge in [0.2, 0.25) is 11.8 Å². The van der Waals surface area contributed by atoms with Crippen LogP contribution in [0.2, 0.25) is 0 Å². The first-order valence-electron chi connectivity index (χ1n) is 8.34. The minimum atomic E-state index is -0.211. The topological polar surface area (TPSA) is 49.4 Å². The van der Waals surface area contributed by atoms with Gasteiger partial charge in [-0.3, -0.25) is 9.59 Å². The minimum absolute atomic E-state index is 0.00196. The number of hydrogen-bond acceptors (Lipinski definition) is 3. The molecule has 1 saturated heterocycles. The van der Waals surface area contributed by atoms with E-state index in [4.69, 9.17) is 0 Å². The number of carbonyl (C=O) groups excluding carboxylic acids is 2. The van der Waals surface area contributed by atoms with Crippen LogP contribution in [-0.4, -0.2) is 36.3 Å². The van der Waals surface area contributed by atoms with Crippen LogP contribution in [0.3, 0.4) is 0 Å². The van der Waals surface area contributed by atoms with Crippen LogP contribution in [-0.2, 0) is 22.4 Å². The van der Waals surface area contributed by atoms with Crippen molar-refractivity contribution in [3.63, 3.8) is 0 Å². The van der Waals surface area contributed by atoms with Crippen LogP contribution in [0.15, 0.2) is 47.8 Å². The number of hydrogen-bond donors (Lipinski definition) is 1. The highest BCUT2D eigenvalue weighted by Gasteiger charge is 2.33. The summed E-state index contributed by atoms with van der Waals surface area (Å²) in [5.41, 5.74) is 1.22. The van der Waals surface area contributed by atoms with Gasteiger partial charge in [-0.05, 0) is 29.9 Å². The maximum absolute atomic E-state index is 12.3. The Balaban J connectivity index is 1.42. The van der Waals surface area contributed by atoms with Gasteiger partial charge in [-0.15, -0.1) is 11.3 Å². The number of thiophene rings is 1. The molecule has 2 heterocycles. The predicted octanol–water partition coefficient (Wildman–Crippen LogP) is 2.50. The molecule has 0 spiro atoms. The van der Waals surface area contributed by atoms with E-state index in [1.165, 1.54) is 10.4 Å². The average Bonchev–Trinajstić information content (AvgIpc) is 3.24. The molecule has 1 aromatic heterocycles. The number of likely N-dealkylation sites (tertiary alicyclic amines) is 1. The van der Waals surface area contributed by atoms with Crippen LogP contribution >= 0.6 is 11.3 Å². The van der Waals surface area contributed by atoms with Crippen molar-refractivity contribution in [2.45, 2.75) is 19.3 Å². The Morgan fingerprint density at radius 3 is 2.75 bits per heavy atom. The van der Waals surface area contributed by atoms with Crippen LogP contribution in [0.5, 0.6) is 0 Å². The third-order valence-electron chi connectivity index (χ3n) is 4.35. The van der Waals surface area contributed by atoms with Crippen molar-refractivity contribution in [3.05, 3.63) is 58.3 Å². The van der Waals surface area contributed by atoms with Gasteiger partial charge in [-0.25, -0.2) is 0 Å². The zero-order valence-electron chi connectivity index (χ0n) is 13.6. The molecule has 5 heteroatoms. The quantitative estimate of drug-likeness (QED) is 0.840. The van der Waals surface area contributed by atoms with Crippen LogP contribution in [0.4, 0.5) is 0 Å². The summed E-state index contributed by atoms with van der Waals surface area (Å²) in [6.45, 7) is 1.85. The summed E-state index contributed by atoms with van der Waals surface area (Å²) in [6, 6.07) is 14.2. The monoisotopic (exact) mass is 342 g/mol. The van der Waals surface area contributed by atoms with Crippen LogP contribution in [0, 0.1) is 5.92 Å². The van der Waals surface area contributed by atoms with Crippen molar-refractivity contribution in [2.75, 3.05) is 19.6 Å². The third-order valence-corrected chi connectivity index (χ3v) is 5.29. The molecule has 24 heavy (non-hydrogen) atoms. The lowest BCUT2D eigenvalue weighted by molar-refractivity contribution is -0.129. The second-order valence-corrected chi connectivity index (χ2v) is 7.13. The molecule has 0 saturated carbocycles. The van der Waals surface area contributed by atoms with Gasteiger partial charge in [-0.1, -0.05) is 36.4 Å². The molecule has 1 aliphatic heterocycles. The molecule has 1 atom stereocenters. The molecule has 1 aliphatic rings. The molecule has 1 N–H and O–H groups in total. The highest BCUT2D eigenvalue weighted by Crippen LogP contribution is 2.18. The maximum atomic E-state index is 12.3. The number of benzene rings is 1. The number of amides is 2. The molecule has 1 unspecified atom stereocenters. The smallest absolute Gasteiger partial charge is 0.225 e. The van der Waals surface area contributed by atoms with E-state index < -0.39 is 0 Å². The van der Waals surface area contributed by atoms with E-state index >= 15 is 0 Å². The first kappa shape index (κ1) is 16.7. The lowest BCUT2D eigenvalue weighted by atomic mass is 10.1. The van der Waals surface area contributed by atoms with Crippen molar-refractivity contribution in [1.82, 2.24) is 10.2 Å². The van der Waals surface area contributed by atoms with E-state index in [0.29, 0.717) is 26.1 Å². The van der Waals surface area contributed by atoms with Gasteiger partial charge in [0.15, 0.2) is 0 Å². The first-order chi connectivity index (χ1) is 11.7. The molecular weight excluding hydrogens is 320 g/mol. The van der Waals surface area contributed by atoms with E-state index in [1.807, 2.05) is 34.5 Å². The lowest BCUT2D eigenvalue weighted by Gasteiger charge is -2.16. The first-order valence-corrected chi connectivity index (χ1v) is 9.22. The standard InChI is InChI=1S/C19H22N2O2S/c22-18-13-16(19(23)20-10-8-17-7-4-12-24-17)14-21(18)11-9-15-5-2-1-3-6-15/h1-7,12,16H,8-11,13-14H2,(H,20,23). The summed E-state index contributed by atoms with van der Waals surface area (Å²) >= 11 is 1.70. The fourth-order valence-electron chi connectivity index (χ4n) is 2.98. The van der Waals surface area contributed by atoms with E-state index in [9.17, 15) is 9.59 Å². The zero-order chi connectivity index (χ0) is 16.8. The van der Waals surface area contributed by atoms with Crippen LogP contribution in [0.25, 0.3) is 0 Å². The van der Waals surface area contributed by atoms with Crippen molar-refractivity contribution >= 4 is 23.2 Å². The molecule has 2 amide bonds. The highest BCUT2D eigenvalue weighted by molar-refractivity contribution is 7.09. The summed E-state index contributed by atoms with van der Waals surface area (Å²) in [5.74, 6) is -0.122. The number of nitrogens with one attached hydrogen (secondary N) is 1. The lowest BCUT2D eigenvalue weighted by Crippen LogP contribution is -2.34. The largest absolute Gasteiger partial charge is 0.355 e. The molecule has 0 aliphatic carbocycles. The normalized spacial score (nSPS) is 17.2. The Morgan fingerprint density at radius 1 is 1.17 bits per heavy atom. The van der Waals surface area contributed by atoms with E-state index in [0.717, 1.165) is 12.8 Å². The predicted molar refractivity (Wildman–Crippen MR) is 95.9 cm³/mol. The zero-order valence-corrected chi connectivity index (χ0v) is 14.4. The van der Waals surface area contributed by atoms with E-state index in [1.54, 1.807) is 11.3 Å². The fourth-order valence-corrected chi connectivity index (χ4v) is 3.69. The average molecular weight is 342 g/mol. The van der Waals surface area contributed by atoms with Gasteiger partial charge in [-0.2, -0.15) is 0 Å². The molecule has 1 fully saturated rings. The van der Waals surface area contributed by atoms with Gasteiger partial charge < -0.3 is 10.2 Å². The van der Waals surface area contributed by atoms with Crippen LogP contribution < -0.4 is 5.32 Å². The van der Waals surface area contributed by atoms with Gasteiger partial charge in [0.1, 0.15) is 0 Å². The van der Waals surface area contributed by atoms with Gasteiger partial charge in [0, 0.05) is 30.9 Å². The van der Waals surface area contributed by atoms with E-state index in [2.05, 4.69) is 23.5 Å². The Bertz CT molecular complexity index is 670. The Labute approximate surface area is 146 Å².